The highest BCUT2D eigenvalue weighted by Gasteiger charge is 2.23. The summed E-state index contributed by atoms with van der Waals surface area (Å²) in [6.45, 7) is 4.34. The van der Waals surface area contributed by atoms with E-state index in [0.29, 0.717) is 0 Å². The van der Waals surface area contributed by atoms with Gasteiger partial charge in [0, 0.05) is 0 Å². The van der Waals surface area contributed by atoms with Gasteiger partial charge in [-0.3, -0.25) is 0 Å². The second-order valence-electron chi connectivity index (χ2n) is 16.1. The van der Waals surface area contributed by atoms with Gasteiger partial charge in [-0.05, 0) is 158 Å². The largest absolute Gasteiger partial charge is 0.0616 e. The number of hydrogen-bond donors (Lipinski definition) is 0. The Morgan fingerprint density at radius 3 is 0.931 bits per heavy atom. The Morgan fingerprint density at radius 2 is 0.534 bits per heavy atom. The number of rotatable bonds is 4. The average molecular weight is 735 g/mol. The SMILES string of the molecule is Cc1ccc(-c2cc(-c3cc4ccccc4c4ccccc34)c3ccc4c(-c5ccc(C)cc5)cc(-c5cc6ccccc6c6ccccc56)c5ccc2c3c45)cc1. The molecule has 0 atom stereocenters. The summed E-state index contributed by atoms with van der Waals surface area (Å²) in [6.07, 6.45) is 0. The zero-order valence-electron chi connectivity index (χ0n) is 32.5. The third-order valence-electron chi connectivity index (χ3n) is 12.7. The molecule has 0 fully saturated rings. The highest BCUT2D eigenvalue weighted by molar-refractivity contribution is 6.33. The Bertz CT molecular complexity index is 3360. The van der Waals surface area contributed by atoms with Gasteiger partial charge >= 0.3 is 0 Å². The van der Waals surface area contributed by atoms with Gasteiger partial charge in [-0.1, -0.05) is 181 Å². The first-order chi connectivity index (χ1) is 28.6. The monoisotopic (exact) mass is 734 g/mol. The molecule has 0 heterocycles. The Balaban J connectivity index is 1.29. The van der Waals surface area contributed by atoms with Crippen LogP contribution in [-0.2, 0) is 0 Å². The van der Waals surface area contributed by atoms with E-state index in [-0.39, 0.29) is 0 Å². The standard InChI is InChI=1S/C58H38/c1-35-19-23-37(24-20-35)51-33-55(53-31-39-11-3-5-13-41(39)43-15-7-9-17-45(43)53)49-30-28-48-52(38-25-21-36(2)22-26-38)34-56(50-29-27-47(51)57(49)58(48)50)54-32-40-12-4-6-14-42(40)44-16-8-10-18-46(44)54/h3-34H,1-2H3. The van der Waals surface area contributed by atoms with Crippen molar-refractivity contribution in [2.75, 3.05) is 0 Å². The summed E-state index contributed by atoms with van der Waals surface area (Å²) in [5.74, 6) is 0. The molecule has 0 saturated heterocycles. The second-order valence-corrected chi connectivity index (χ2v) is 16.1. The topological polar surface area (TPSA) is 0 Å². The van der Waals surface area contributed by atoms with Crippen LogP contribution in [0.3, 0.4) is 0 Å². The highest BCUT2D eigenvalue weighted by Crippen LogP contribution is 2.50. The van der Waals surface area contributed by atoms with Crippen molar-refractivity contribution in [2.45, 2.75) is 13.8 Å². The minimum Gasteiger partial charge on any atom is -0.0616 e. The summed E-state index contributed by atoms with van der Waals surface area (Å²) >= 11 is 0. The van der Waals surface area contributed by atoms with Gasteiger partial charge in [-0.15, -0.1) is 0 Å². The molecule has 0 N–H and O–H groups in total. The molecule has 0 nitrogen and oxygen atoms in total. The molecule has 12 rings (SSSR count). The molecule has 0 bridgehead atoms. The quantitative estimate of drug-likeness (QED) is 0.158. The summed E-state index contributed by atoms with van der Waals surface area (Å²) in [4.78, 5) is 0. The van der Waals surface area contributed by atoms with Crippen molar-refractivity contribution in [1.29, 1.82) is 0 Å². The third-order valence-corrected chi connectivity index (χ3v) is 12.7. The van der Waals surface area contributed by atoms with Crippen molar-refractivity contribution < 1.29 is 0 Å². The Morgan fingerprint density at radius 1 is 0.224 bits per heavy atom. The predicted molar refractivity (Wildman–Crippen MR) is 251 cm³/mol. The molecular formula is C58H38. The van der Waals surface area contributed by atoms with Crippen molar-refractivity contribution in [3.63, 3.8) is 0 Å². The van der Waals surface area contributed by atoms with Crippen LogP contribution in [0.4, 0.5) is 0 Å². The van der Waals surface area contributed by atoms with Crippen molar-refractivity contribution in [1.82, 2.24) is 0 Å². The molecule has 0 unspecified atom stereocenters. The van der Waals surface area contributed by atoms with Crippen LogP contribution in [0.15, 0.2) is 194 Å². The summed E-state index contributed by atoms with van der Waals surface area (Å²) < 4.78 is 0. The van der Waals surface area contributed by atoms with Gasteiger partial charge in [0.1, 0.15) is 0 Å². The van der Waals surface area contributed by atoms with Gasteiger partial charge in [0.25, 0.3) is 0 Å². The van der Waals surface area contributed by atoms with Crippen LogP contribution in [-0.4, -0.2) is 0 Å². The van der Waals surface area contributed by atoms with E-state index in [4.69, 9.17) is 0 Å². The van der Waals surface area contributed by atoms with Gasteiger partial charge < -0.3 is 0 Å². The Hall–Kier alpha value is -7.28. The summed E-state index contributed by atoms with van der Waals surface area (Å²) in [7, 11) is 0. The molecule has 0 aromatic heterocycles. The maximum Gasteiger partial charge on any atom is -0.00139 e. The van der Waals surface area contributed by atoms with Crippen molar-refractivity contribution >= 4 is 75.4 Å². The van der Waals surface area contributed by atoms with E-state index in [1.165, 1.54) is 131 Å². The van der Waals surface area contributed by atoms with E-state index in [1.54, 1.807) is 0 Å². The minimum atomic E-state index is 1.23. The molecule has 0 amide bonds. The van der Waals surface area contributed by atoms with E-state index in [1.807, 2.05) is 0 Å². The molecule has 0 radical (unpaired) electrons. The summed E-state index contributed by atoms with van der Waals surface area (Å²) in [6, 6.07) is 73.2. The van der Waals surface area contributed by atoms with Crippen molar-refractivity contribution in [2.24, 2.45) is 0 Å². The third kappa shape index (κ3) is 4.88. The zero-order valence-corrected chi connectivity index (χ0v) is 32.5. The van der Waals surface area contributed by atoms with Gasteiger partial charge in [0.2, 0.25) is 0 Å². The lowest BCUT2D eigenvalue weighted by Gasteiger charge is -2.23. The maximum absolute atomic E-state index is 2.47. The fourth-order valence-electron chi connectivity index (χ4n) is 9.94. The first-order valence-electron chi connectivity index (χ1n) is 20.3. The fraction of sp³-hybridized carbons (Fsp3) is 0.0345. The van der Waals surface area contributed by atoms with Gasteiger partial charge in [0.05, 0.1) is 0 Å². The van der Waals surface area contributed by atoms with Crippen LogP contribution in [0.2, 0.25) is 0 Å². The molecule has 12 aromatic carbocycles. The fourth-order valence-corrected chi connectivity index (χ4v) is 9.94. The van der Waals surface area contributed by atoms with E-state index in [0.717, 1.165) is 0 Å². The van der Waals surface area contributed by atoms with Crippen LogP contribution in [0.5, 0.6) is 0 Å². The molecule has 12 aromatic rings. The lowest BCUT2D eigenvalue weighted by molar-refractivity contribution is 1.47. The summed E-state index contributed by atoms with van der Waals surface area (Å²) in [5.41, 5.74) is 12.6. The molecule has 0 aliphatic rings. The van der Waals surface area contributed by atoms with E-state index in [2.05, 4.69) is 208 Å². The maximum atomic E-state index is 2.47. The number of aryl methyl sites for hydroxylation is 2. The van der Waals surface area contributed by atoms with Gasteiger partial charge in [-0.2, -0.15) is 0 Å². The second kappa shape index (κ2) is 12.6. The molecule has 0 saturated carbocycles. The first-order valence-corrected chi connectivity index (χ1v) is 20.3. The summed E-state index contributed by atoms with van der Waals surface area (Å²) in [5, 5.41) is 17.9. The van der Waals surface area contributed by atoms with Crippen molar-refractivity contribution in [3.8, 4) is 44.5 Å². The number of benzene rings is 12. The molecular weight excluding hydrogens is 697 g/mol. The lowest BCUT2D eigenvalue weighted by Crippen LogP contribution is -1.95. The van der Waals surface area contributed by atoms with E-state index < -0.39 is 0 Å². The van der Waals surface area contributed by atoms with Gasteiger partial charge in [-0.25, -0.2) is 0 Å². The van der Waals surface area contributed by atoms with Crippen LogP contribution < -0.4 is 0 Å². The normalized spacial score (nSPS) is 12.0. The Labute approximate surface area is 337 Å². The van der Waals surface area contributed by atoms with Gasteiger partial charge in [0.15, 0.2) is 0 Å². The van der Waals surface area contributed by atoms with Crippen LogP contribution in [0.25, 0.3) is 120 Å². The predicted octanol–water partition coefficient (Wildman–Crippen LogP) is 16.5. The molecule has 0 spiro atoms. The van der Waals surface area contributed by atoms with Crippen molar-refractivity contribution in [3.05, 3.63) is 205 Å². The molecule has 0 aliphatic heterocycles. The molecule has 0 aliphatic carbocycles. The lowest BCUT2D eigenvalue weighted by atomic mass is 9.80. The Kier molecular flexibility index (Phi) is 7.16. The van der Waals surface area contributed by atoms with E-state index >= 15 is 0 Å². The smallest absolute Gasteiger partial charge is 0.00139 e. The van der Waals surface area contributed by atoms with Crippen LogP contribution in [0.1, 0.15) is 11.1 Å². The number of hydrogen-bond acceptors (Lipinski definition) is 0. The average Bonchev–Trinajstić information content (AvgIpc) is 3.28. The van der Waals surface area contributed by atoms with Crippen LogP contribution in [0, 0.1) is 13.8 Å². The molecule has 58 heavy (non-hydrogen) atoms. The minimum absolute atomic E-state index is 1.23. The number of fused-ring (bicyclic) bond motifs is 6. The molecule has 270 valence electrons. The van der Waals surface area contributed by atoms with Crippen LogP contribution >= 0.6 is 0 Å². The highest BCUT2D eigenvalue weighted by atomic mass is 14.3. The molecule has 0 heteroatoms. The van der Waals surface area contributed by atoms with E-state index in [9.17, 15) is 0 Å². The zero-order chi connectivity index (χ0) is 38.5. The first kappa shape index (κ1) is 32.9.